The van der Waals surface area contributed by atoms with Crippen LogP contribution >= 0.6 is 0 Å². The molecule has 1 fully saturated rings. The third kappa shape index (κ3) is 3.94. The van der Waals surface area contributed by atoms with E-state index in [4.69, 9.17) is 14.2 Å². The molecule has 1 saturated heterocycles. The smallest absolute Gasteiger partial charge is 0.414 e. The highest BCUT2D eigenvalue weighted by atomic mass is 16.7. The Bertz CT molecular complexity index is 1240. The molecule has 0 spiro atoms. The van der Waals surface area contributed by atoms with Crippen LogP contribution in [0.3, 0.4) is 0 Å². The maximum absolute atomic E-state index is 12.4. The van der Waals surface area contributed by atoms with Gasteiger partial charge in [0.15, 0.2) is 11.5 Å². The molecule has 2 aliphatic heterocycles. The molecule has 2 N–H and O–H groups in total. The van der Waals surface area contributed by atoms with Crippen molar-refractivity contribution in [3.8, 4) is 34.6 Å². The van der Waals surface area contributed by atoms with Crippen molar-refractivity contribution in [1.82, 2.24) is 15.5 Å². The van der Waals surface area contributed by atoms with Crippen molar-refractivity contribution in [3.63, 3.8) is 0 Å². The van der Waals surface area contributed by atoms with Gasteiger partial charge in [0.1, 0.15) is 12.3 Å². The number of rotatable bonds is 4. The van der Waals surface area contributed by atoms with Crippen molar-refractivity contribution >= 4 is 17.7 Å². The summed E-state index contributed by atoms with van der Waals surface area (Å²) in [5.41, 5.74) is 3.32. The number of aromatic amines is 1. The summed E-state index contributed by atoms with van der Waals surface area (Å²) in [6, 6.07) is 14.4. The first-order chi connectivity index (χ1) is 15.7. The molecule has 0 saturated carbocycles. The predicted octanol–water partition coefficient (Wildman–Crippen LogP) is 2.54. The minimum Gasteiger partial charge on any atom is -0.454 e. The Morgan fingerprint density at radius 3 is 2.75 bits per heavy atom. The molecule has 32 heavy (non-hydrogen) atoms. The van der Waals surface area contributed by atoms with Crippen LogP contribution in [0.15, 0.2) is 48.5 Å². The Kier molecular flexibility index (Phi) is 5.09. The third-order valence-corrected chi connectivity index (χ3v) is 5.00. The van der Waals surface area contributed by atoms with Crippen LogP contribution in [0.5, 0.6) is 11.5 Å². The lowest BCUT2D eigenvalue weighted by molar-refractivity contribution is 0.0953. The number of ether oxygens (including phenoxy) is 3. The van der Waals surface area contributed by atoms with Gasteiger partial charge in [-0.25, -0.2) is 4.79 Å². The summed E-state index contributed by atoms with van der Waals surface area (Å²) < 4.78 is 15.6. The molecule has 3 heterocycles. The fraction of sp³-hybridized carbons (Fsp3) is 0.174. The second-order valence-corrected chi connectivity index (χ2v) is 7.03. The molecule has 5 rings (SSSR count). The Morgan fingerprint density at radius 2 is 1.94 bits per heavy atom. The third-order valence-electron chi connectivity index (χ3n) is 5.00. The van der Waals surface area contributed by atoms with Crippen molar-refractivity contribution < 1.29 is 23.8 Å². The summed E-state index contributed by atoms with van der Waals surface area (Å²) in [5, 5.41) is 9.68. The SMILES string of the molecule is O=C(NCC#Cc1ccc(N2CCOC2=O)cc1)c1cc(-c2ccc3c(c2)OCO3)n[nH]1. The first-order valence-corrected chi connectivity index (χ1v) is 9.94. The van der Waals surface area contributed by atoms with Gasteiger partial charge in [-0.05, 0) is 48.5 Å². The Hall–Kier alpha value is -4.45. The zero-order valence-corrected chi connectivity index (χ0v) is 16.9. The number of cyclic esters (lactones) is 1. The molecule has 3 aromatic rings. The second-order valence-electron chi connectivity index (χ2n) is 7.03. The summed E-state index contributed by atoms with van der Waals surface area (Å²) >= 11 is 0. The van der Waals surface area contributed by atoms with Gasteiger partial charge in [-0.3, -0.25) is 14.8 Å². The molecule has 0 radical (unpaired) electrons. The molecule has 0 unspecified atom stereocenters. The maximum Gasteiger partial charge on any atom is 0.414 e. The number of anilines is 1. The molecular formula is C23H18N4O5. The van der Waals surface area contributed by atoms with Gasteiger partial charge in [0.2, 0.25) is 6.79 Å². The number of amides is 2. The number of hydrogen-bond donors (Lipinski definition) is 2. The van der Waals surface area contributed by atoms with Gasteiger partial charge >= 0.3 is 6.09 Å². The van der Waals surface area contributed by atoms with Crippen molar-refractivity contribution in [1.29, 1.82) is 0 Å². The Morgan fingerprint density at radius 1 is 1.09 bits per heavy atom. The van der Waals surface area contributed by atoms with Crippen LogP contribution in [0, 0.1) is 11.8 Å². The minimum atomic E-state index is -0.341. The van der Waals surface area contributed by atoms with Crippen LogP contribution in [-0.2, 0) is 4.74 Å². The number of hydrogen-bond acceptors (Lipinski definition) is 6. The molecule has 2 aliphatic rings. The normalized spacial score (nSPS) is 14.0. The Labute approximate surface area is 183 Å². The summed E-state index contributed by atoms with van der Waals surface area (Å²) in [4.78, 5) is 25.5. The van der Waals surface area contributed by atoms with E-state index >= 15 is 0 Å². The summed E-state index contributed by atoms with van der Waals surface area (Å²) in [7, 11) is 0. The molecule has 9 heteroatoms. The number of benzene rings is 2. The van der Waals surface area contributed by atoms with E-state index in [0.29, 0.717) is 36.0 Å². The fourth-order valence-electron chi connectivity index (χ4n) is 3.36. The number of aromatic nitrogens is 2. The van der Waals surface area contributed by atoms with Crippen LogP contribution in [0.1, 0.15) is 16.1 Å². The van der Waals surface area contributed by atoms with E-state index in [1.165, 1.54) is 0 Å². The van der Waals surface area contributed by atoms with Crippen LogP contribution in [0.2, 0.25) is 0 Å². The average molecular weight is 430 g/mol. The standard InChI is InChI=1S/C23H18N4O5/c28-22(19-13-18(25-26-19)16-5-8-20-21(12-16)32-14-31-20)24-9-1-2-15-3-6-17(7-4-15)27-10-11-30-23(27)29/h3-8,12-13H,9-11,14H2,(H,24,28)(H,25,26). The molecular weight excluding hydrogens is 412 g/mol. The molecule has 9 nitrogen and oxygen atoms in total. The van der Waals surface area contributed by atoms with Gasteiger partial charge in [-0.15, -0.1) is 0 Å². The minimum absolute atomic E-state index is 0.178. The van der Waals surface area contributed by atoms with E-state index in [0.717, 1.165) is 16.8 Å². The molecule has 160 valence electrons. The highest BCUT2D eigenvalue weighted by molar-refractivity contribution is 5.93. The topological polar surface area (TPSA) is 106 Å². The van der Waals surface area contributed by atoms with Gasteiger partial charge in [-0.2, -0.15) is 5.10 Å². The van der Waals surface area contributed by atoms with Crippen molar-refractivity contribution in [2.24, 2.45) is 0 Å². The number of nitrogens with zero attached hydrogens (tertiary/aromatic N) is 2. The molecule has 1 aromatic heterocycles. The number of H-pyrrole nitrogens is 1. The van der Waals surface area contributed by atoms with Crippen molar-refractivity contribution in [2.45, 2.75) is 0 Å². The number of carbonyl (C=O) groups is 2. The zero-order chi connectivity index (χ0) is 21.9. The quantitative estimate of drug-likeness (QED) is 0.617. The highest BCUT2D eigenvalue weighted by Crippen LogP contribution is 2.35. The first kappa shape index (κ1) is 19.5. The monoisotopic (exact) mass is 430 g/mol. The van der Waals surface area contributed by atoms with E-state index < -0.39 is 0 Å². The lowest BCUT2D eigenvalue weighted by Crippen LogP contribution is -2.23. The first-order valence-electron chi connectivity index (χ1n) is 9.94. The summed E-state index contributed by atoms with van der Waals surface area (Å²) in [5.74, 6) is 6.94. The highest BCUT2D eigenvalue weighted by Gasteiger charge is 2.23. The van der Waals surface area contributed by atoms with E-state index in [1.54, 1.807) is 11.0 Å². The van der Waals surface area contributed by atoms with E-state index in [9.17, 15) is 9.59 Å². The molecule has 2 amide bonds. The van der Waals surface area contributed by atoms with E-state index in [1.807, 2.05) is 42.5 Å². The van der Waals surface area contributed by atoms with Gasteiger partial charge in [0.25, 0.3) is 5.91 Å². The molecule has 0 bridgehead atoms. The van der Waals surface area contributed by atoms with E-state index in [-0.39, 0.29) is 25.3 Å². The second kappa shape index (κ2) is 8.35. The number of fused-ring (bicyclic) bond motifs is 1. The molecule has 0 aliphatic carbocycles. The predicted molar refractivity (Wildman–Crippen MR) is 114 cm³/mol. The summed E-state index contributed by atoms with van der Waals surface area (Å²) in [6.07, 6.45) is -0.341. The lowest BCUT2D eigenvalue weighted by atomic mass is 10.1. The number of carbonyl (C=O) groups excluding carboxylic acids is 2. The van der Waals surface area contributed by atoms with E-state index in [2.05, 4.69) is 27.4 Å². The van der Waals surface area contributed by atoms with Crippen LogP contribution in [0.25, 0.3) is 11.3 Å². The Balaban J connectivity index is 1.17. The van der Waals surface area contributed by atoms with Gasteiger partial charge < -0.3 is 19.5 Å². The van der Waals surface area contributed by atoms with Crippen molar-refractivity contribution in [3.05, 3.63) is 59.8 Å². The maximum atomic E-state index is 12.4. The lowest BCUT2D eigenvalue weighted by Gasteiger charge is -2.11. The van der Waals surface area contributed by atoms with Crippen LogP contribution in [0.4, 0.5) is 10.5 Å². The average Bonchev–Trinajstić information content (AvgIpc) is 3.57. The van der Waals surface area contributed by atoms with Gasteiger partial charge in [0.05, 0.1) is 18.8 Å². The number of nitrogens with one attached hydrogen (secondary N) is 2. The fourth-order valence-corrected chi connectivity index (χ4v) is 3.36. The summed E-state index contributed by atoms with van der Waals surface area (Å²) in [6.45, 7) is 1.32. The van der Waals surface area contributed by atoms with Crippen LogP contribution < -0.4 is 19.7 Å². The van der Waals surface area contributed by atoms with Gasteiger partial charge in [0, 0.05) is 16.8 Å². The van der Waals surface area contributed by atoms with Crippen molar-refractivity contribution in [2.75, 3.05) is 31.4 Å². The largest absolute Gasteiger partial charge is 0.454 e. The molecule has 2 aromatic carbocycles. The van der Waals surface area contributed by atoms with Gasteiger partial charge in [-0.1, -0.05) is 11.8 Å². The van der Waals surface area contributed by atoms with Crippen LogP contribution in [-0.4, -0.2) is 48.7 Å². The molecule has 0 atom stereocenters. The zero-order valence-electron chi connectivity index (χ0n) is 16.9.